The van der Waals surface area contributed by atoms with Crippen molar-refractivity contribution in [2.24, 2.45) is 11.8 Å². The van der Waals surface area contributed by atoms with Crippen LogP contribution in [0.4, 0.5) is 0 Å². The number of fused-ring (bicyclic) bond motifs is 1. The van der Waals surface area contributed by atoms with Crippen LogP contribution in [-0.2, 0) is 6.42 Å². The highest BCUT2D eigenvalue weighted by molar-refractivity contribution is 5.98. The maximum Gasteiger partial charge on any atom is 0.165 e. The molecule has 19 heavy (non-hydrogen) atoms. The Morgan fingerprint density at radius 3 is 2.79 bits per heavy atom. The fourth-order valence-electron chi connectivity index (χ4n) is 3.27. The molecule has 0 atom stereocenters. The third-order valence-electron chi connectivity index (χ3n) is 4.58. The van der Waals surface area contributed by atoms with Gasteiger partial charge in [0.2, 0.25) is 0 Å². The van der Waals surface area contributed by atoms with E-state index in [9.17, 15) is 4.79 Å². The van der Waals surface area contributed by atoms with Crippen molar-refractivity contribution in [3.8, 4) is 5.75 Å². The van der Waals surface area contributed by atoms with E-state index < -0.39 is 0 Å². The largest absolute Gasteiger partial charge is 0.493 e. The molecule has 1 saturated carbocycles. The molecule has 0 bridgehead atoms. The summed E-state index contributed by atoms with van der Waals surface area (Å²) in [5.41, 5.74) is 2.10. The SMILES string of the molecule is CC1CCC(C(=O)c2ccc3c(c2)CCCO3)CC1. The zero-order chi connectivity index (χ0) is 13.2. The number of hydrogen-bond acceptors (Lipinski definition) is 2. The van der Waals surface area contributed by atoms with Crippen LogP contribution in [0.15, 0.2) is 18.2 Å². The second kappa shape index (κ2) is 5.36. The lowest BCUT2D eigenvalue weighted by molar-refractivity contribution is 0.0875. The second-order valence-electron chi connectivity index (χ2n) is 6.10. The van der Waals surface area contributed by atoms with Crippen molar-refractivity contribution in [1.29, 1.82) is 0 Å². The average Bonchev–Trinajstić information content (AvgIpc) is 2.47. The van der Waals surface area contributed by atoms with E-state index in [0.29, 0.717) is 5.78 Å². The minimum absolute atomic E-state index is 0.249. The summed E-state index contributed by atoms with van der Waals surface area (Å²) >= 11 is 0. The van der Waals surface area contributed by atoms with E-state index in [1.165, 1.54) is 18.4 Å². The molecule has 2 aliphatic rings. The summed E-state index contributed by atoms with van der Waals surface area (Å²) in [5.74, 6) is 2.36. The van der Waals surface area contributed by atoms with Crippen molar-refractivity contribution < 1.29 is 9.53 Å². The Labute approximate surface area is 115 Å². The lowest BCUT2D eigenvalue weighted by atomic mass is 9.79. The molecule has 0 unspecified atom stereocenters. The van der Waals surface area contributed by atoms with Crippen molar-refractivity contribution in [2.75, 3.05) is 6.61 Å². The van der Waals surface area contributed by atoms with Gasteiger partial charge in [0.05, 0.1) is 6.61 Å². The van der Waals surface area contributed by atoms with E-state index in [0.717, 1.165) is 49.5 Å². The number of aryl methyl sites for hydroxylation is 1. The van der Waals surface area contributed by atoms with Crippen LogP contribution < -0.4 is 4.74 Å². The van der Waals surface area contributed by atoms with Crippen molar-refractivity contribution in [3.05, 3.63) is 29.3 Å². The van der Waals surface area contributed by atoms with Gasteiger partial charge in [-0.3, -0.25) is 4.79 Å². The molecule has 2 nitrogen and oxygen atoms in total. The monoisotopic (exact) mass is 258 g/mol. The van der Waals surface area contributed by atoms with Crippen LogP contribution in [0, 0.1) is 11.8 Å². The first kappa shape index (κ1) is 12.7. The summed E-state index contributed by atoms with van der Waals surface area (Å²) in [4.78, 5) is 12.6. The van der Waals surface area contributed by atoms with Gasteiger partial charge in [-0.1, -0.05) is 19.8 Å². The zero-order valence-corrected chi connectivity index (χ0v) is 11.7. The van der Waals surface area contributed by atoms with Gasteiger partial charge >= 0.3 is 0 Å². The first-order valence-electron chi connectivity index (χ1n) is 7.54. The molecule has 2 heteroatoms. The Balaban J connectivity index is 1.76. The number of hydrogen-bond donors (Lipinski definition) is 0. The van der Waals surface area contributed by atoms with Gasteiger partial charge in [-0.15, -0.1) is 0 Å². The molecular formula is C17H22O2. The van der Waals surface area contributed by atoms with E-state index >= 15 is 0 Å². The summed E-state index contributed by atoms with van der Waals surface area (Å²) in [5, 5.41) is 0. The van der Waals surface area contributed by atoms with E-state index in [1.54, 1.807) is 0 Å². The fraction of sp³-hybridized carbons (Fsp3) is 0.588. The third kappa shape index (κ3) is 2.68. The minimum Gasteiger partial charge on any atom is -0.493 e. The Morgan fingerprint density at radius 2 is 2.00 bits per heavy atom. The summed E-state index contributed by atoms with van der Waals surface area (Å²) in [7, 11) is 0. The molecule has 1 aliphatic carbocycles. The first-order chi connectivity index (χ1) is 9.24. The lowest BCUT2D eigenvalue weighted by Crippen LogP contribution is -2.21. The third-order valence-corrected chi connectivity index (χ3v) is 4.58. The van der Waals surface area contributed by atoms with Crippen molar-refractivity contribution in [3.63, 3.8) is 0 Å². The van der Waals surface area contributed by atoms with Gasteiger partial charge in [0.25, 0.3) is 0 Å². The van der Waals surface area contributed by atoms with E-state index in [4.69, 9.17) is 4.74 Å². The molecule has 1 aromatic carbocycles. The molecular weight excluding hydrogens is 236 g/mol. The van der Waals surface area contributed by atoms with Crippen LogP contribution >= 0.6 is 0 Å². The maximum absolute atomic E-state index is 12.6. The van der Waals surface area contributed by atoms with Crippen LogP contribution in [0.1, 0.15) is 54.9 Å². The molecule has 0 spiro atoms. The number of carbonyl (C=O) groups is 1. The molecule has 3 rings (SSSR count). The topological polar surface area (TPSA) is 26.3 Å². The molecule has 0 saturated heterocycles. The van der Waals surface area contributed by atoms with Crippen molar-refractivity contribution >= 4 is 5.78 Å². The lowest BCUT2D eigenvalue weighted by Gasteiger charge is -2.25. The van der Waals surface area contributed by atoms with Gasteiger partial charge in [0, 0.05) is 11.5 Å². The zero-order valence-electron chi connectivity index (χ0n) is 11.7. The summed E-state index contributed by atoms with van der Waals surface area (Å²) in [6.07, 6.45) is 6.62. The molecule has 1 fully saturated rings. The van der Waals surface area contributed by atoms with Gasteiger partial charge in [-0.2, -0.15) is 0 Å². The highest BCUT2D eigenvalue weighted by atomic mass is 16.5. The summed E-state index contributed by atoms with van der Waals surface area (Å²) < 4.78 is 5.61. The summed E-state index contributed by atoms with van der Waals surface area (Å²) in [6, 6.07) is 5.99. The molecule has 1 heterocycles. The normalized spacial score (nSPS) is 26.4. The molecule has 1 aromatic rings. The number of Topliss-reactive ketones (excluding diaryl/α,β-unsaturated/α-hetero) is 1. The molecule has 0 N–H and O–H groups in total. The van der Waals surface area contributed by atoms with Crippen LogP contribution in [0.5, 0.6) is 5.75 Å². The van der Waals surface area contributed by atoms with Gasteiger partial charge < -0.3 is 4.74 Å². The average molecular weight is 258 g/mol. The van der Waals surface area contributed by atoms with Crippen molar-refractivity contribution in [2.45, 2.75) is 45.4 Å². The van der Waals surface area contributed by atoms with Crippen molar-refractivity contribution in [1.82, 2.24) is 0 Å². The minimum atomic E-state index is 0.249. The molecule has 0 radical (unpaired) electrons. The number of rotatable bonds is 2. The number of ketones is 1. The number of benzene rings is 1. The number of ether oxygens (including phenoxy) is 1. The fourth-order valence-corrected chi connectivity index (χ4v) is 3.27. The smallest absolute Gasteiger partial charge is 0.165 e. The predicted molar refractivity (Wildman–Crippen MR) is 75.7 cm³/mol. The van der Waals surface area contributed by atoms with E-state index in [1.807, 2.05) is 12.1 Å². The predicted octanol–water partition coefficient (Wildman–Crippen LogP) is 4.02. The Hall–Kier alpha value is -1.31. The molecule has 0 amide bonds. The molecule has 1 aliphatic heterocycles. The van der Waals surface area contributed by atoms with Crippen LogP contribution in [0.2, 0.25) is 0 Å². The summed E-state index contributed by atoms with van der Waals surface area (Å²) in [6.45, 7) is 3.09. The van der Waals surface area contributed by atoms with Gasteiger partial charge in [0.15, 0.2) is 5.78 Å². The van der Waals surface area contributed by atoms with Crippen LogP contribution in [0.25, 0.3) is 0 Å². The highest BCUT2D eigenvalue weighted by Gasteiger charge is 2.25. The van der Waals surface area contributed by atoms with Gasteiger partial charge in [-0.05, 0) is 55.4 Å². The van der Waals surface area contributed by atoms with Gasteiger partial charge in [-0.25, -0.2) is 0 Å². The Kier molecular flexibility index (Phi) is 3.58. The Morgan fingerprint density at radius 1 is 1.21 bits per heavy atom. The number of carbonyl (C=O) groups excluding carboxylic acids is 1. The first-order valence-corrected chi connectivity index (χ1v) is 7.54. The van der Waals surface area contributed by atoms with Crippen LogP contribution in [-0.4, -0.2) is 12.4 Å². The second-order valence-corrected chi connectivity index (χ2v) is 6.10. The Bertz CT molecular complexity index is 470. The van der Waals surface area contributed by atoms with Gasteiger partial charge in [0.1, 0.15) is 5.75 Å². The quantitative estimate of drug-likeness (QED) is 0.749. The van der Waals surface area contributed by atoms with Crippen LogP contribution in [0.3, 0.4) is 0 Å². The maximum atomic E-state index is 12.6. The molecule has 0 aromatic heterocycles. The standard InChI is InChI=1S/C17H22O2/c1-12-4-6-13(7-5-12)17(18)15-8-9-16-14(11-15)3-2-10-19-16/h8-9,11-13H,2-7,10H2,1H3. The highest BCUT2D eigenvalue weighted by Crippen LogP contribution is 2.32. The van der Waals surface area contributed by atoms with E-state index in [2.05, 4.69) is 13.0 Å². The molecule has 102 valence electrons. The van der Waals surface area contributed by atoms with E-state index in [-0.39, 0.29) is 5.92 Å².